The maximum atomic E-state index is 13.6. The highest BCUT2D eigenvalue weighted by Gasteiger charge is 2.13. The molecule has 0 saturated carbocycles. The van der Waals surface area contributed by atoms with E-state index in [4.69, 9.17) is 27.9 Å². The van der Waals surface area contributed by atoms with Crippen LogP contribution < -0.4 is 15.6 Å². The molecule has 0 saturated heterocycles. The number of hydrogen-bond donors (Lipinski definition) is 2. The Morgan fingerprint density at radius 2 is 1.77 bits per heavy atom. The van der Waals surface area contributed by atoms with Gasteiger partial charge in [0.05, 0.1) is 12.2 Å². The standard InChI is InChI=1S/C18H17Cl2FN2O3/c1-11-9-12(19)5-7-16(11)26-8-2-3-17(24)22-23-18(25)14-10-13(20)4-6-15(14)21/h4-7,9-10H,2-3,8H2,1H3,(H,22,24)(H,23,25). The topological polar surface area (TPSA) is 67.4 Å². The number of halogens is 3. The molecule has 0 heterocycles. The average molecular weight is 399 g/mol. The van der Waals surface area contributed by atoms with Crippen molar-refractivity contribution < 1.29 is 18.7 Å². The van der Waals surface area contributed by atoms with E-state index in [2.05, 4.69) is 10.9 Å². The molecule has 2 rings (SSSR count). The second kappa shape index (κ2) is 9.40. The first-order valence-corrected chi connectivity index (χ1v) is 8.55. The van der Waals surface area contributed by atoms with Gasteiger partial charge in [0.2, 0.25) is 5.91 Å². The molecule has 2 amide bonds. The molecule has 26 heavy (non-hydrogen) atoms. The number of aryl methyl sites for hydroxylation is 1. The fourth-order valence-electron chi connectivity index (χ4n) is 2.12. The fraction of sp³-hybridized carbons (Fsp3) is 0.222. The number of nitrogens with one attached hydrogen (secondary N) is 2. The van der Waals surface area contributed by atoms with E-state index in [1.807, 2.05) is 6.92 Å². The molecule has 2 N–H and O–H groups in total. The van der Waals surface area contributed by atoms with Crippen molar-refractivity contribution in [1.29, 1.82) is 0 Å². The second-order valence-electron chi connectivity index (χ2n) is 5.49. The summed E-state index contributed by atoms with van der Waals surface area (Å²) < 4.78 is 19.1. The molecule has 2 aromatic rings. The number of carbonyl (C=O) groups is 2. The van der Waals surface area contributed by atoms with Gasteiger partial charge in [0, 0.05) is 16.5 Å². The number of ether oxygens (including phenoxy) is 1. The summed E-state index contributed by atoms with van der Waals surface area (Å²) in [4.78, 5) is 23.6. The fourth-order valence-corrected chi connectivity index (χ4v) is 2.52. The molecule has 0 unspecified atom stereocenters. The molecule has 0 atom stereocenters. The molecule has 0 spiro atoms. The third kappa shape index (κ3) is 5.89. The van der Waals surface area contributed by atoms with Gasteiger partial charge in [0.15, 0.2) is 0 Å². The van der Waals surface area contributed by atoms with E-state index in [1.54, 1.807) is 18.2 Å². The lowest BCUT2D eigenvalue weighted by atomic mass is 10.2. The first-order valence-electron chi connectivity index (χ1n) is 7.80. The van der Waals surface area contributed by atoms with Gasteiger partial charge in [-0.1, -0.05) is 23.2 Å². The van der Waals surface area contributed by atoms with E-state index >= 15 is 0 Å². The van der Waals surface area contributed by atoms with Gasteiger partial charge >= 0.3 is 0 Å². The van der Waals surface area contributed by atoms with Gasteiger partial charge in [-0.25, -0.2) is 4.39 Å². The zero-order valence-electron chi connectivity index (χ0n) is 13.9. The molecule has 0 aromatic heterocycles. The molecule has 2 aromatic carbocycles. The molecule has 0 aliphatic heterocycles. The first-order chi connectivity index (χ1) is 12.4. The zero-order chi connectivity index (χ0) is 19.1. The van der Waals surface area contributed by atoms with E-state index < -0.39 is 17.6 Å². The van der Waals surface area contributed by atoms with E-state index in [0.717, 1.165) is 11.6 Å². The Hall–Kier alpha value is -2.31. The molecule has 0 fully saturated rings. The van der Waals surface area contributed by atoms with Crippen molar-refractivity contribution in [3.8, 4) is 5.75 Å². The van der Waals surface area contributed by atoms with Crippen LogP contribution >= 0.6 is 23.2 Å². The molecule has 5 nitrogen and oxygen atoms in total. The van der Waals surface area contributed by atoms with Crippen LogP contribution in [0, 0.1) is 12.7 Å². The highest BCUT2D eigenvalue weighted by molar-refractivity contribution is 6.31. The third-order valence-corrected chi connectivity index (χ3v) is 3.90. The summed E-state index contributed by atoms with van der Waals surface area (Å²) in [6.07, 6.45) is 0.570. The van der Waals surface area contributed by atoms with Crippen LogP contribution in [-0.4, -0.2) is 18.4 Å². The van der Waals surface area contributed by atoms with Gasteiger partial charge in [-0.05, 0) is 55.3 Å². The van der Waals surface area contributed by atoms with E-state index in [0.29, 0.717) is 23.8 Å². The minimum atomic E-state index is -0.786. The predicted molar refractivity (Wildman–Crippen MR) is 97.9 cm³/mol. The highest BCUT2D eigenvalue weighted by Crippen LogP contribution is 2.21. The van der Waals surface area contributed by atoms with Crippen molar-refractivity contribution in [2.24, 2.45) is 0 Å². The molecular formula is C18H17Cl2FN2O3. The average Bonchev–Trinajstić information content (AvgIpc) is 2.60. The normalized spacial score (nSPS) is 10.3. The Morgan fingerprint density at radius 3 is 2.50 bits per heavy atom. The number of hydrazine groups is 1. The van der Waals surface area contributed by atoms with Crippen LogP contribution in [0.3, 0.4) is 0 Å². The van der Waals surface area contributed by atoms with Crippen molar-refractivity contribution in [1.82, 2.24) is 10.9 Å². The Bertz CT molecular complexity index is 815. The molecule has 8 heteroatoms. The van der Waals surface area contributed by atoms with Crippen molar-refractivity contribution in [3.63, 3.8) is 0 Å². The van der Waals surface area contributed by atoms with Gasteiger partial charge in [-0.2, -0.15) is 0 Å². The number of carbonyl (C=O) groups excluding carboxylic acids is 2. The zero-order valence-corrected chi connectivity index (χ0v) is 15.5. The molecule has 0 aliphatic rings. The summed E-state index contributed by atoms with van der Waals surface area (Å²) in [6.45, 7) is 2.20. The van der Waals surface area contributed by atoms with E-state index in [-0.39, 0.29) is 17.0 Å². The number of rotatable bonds is 6. The summed E-state index contributed by atoms with van der Waals surface area (Å²) in [5.41, 5.74) is 5.02. The third-order valence-electron chi connectivity index (χ3n) is 3.43. The quantitative estimate of drug-likeness (QED) is 0.569. The molecule has 0 bridgehead atoms. The summed E-state index contributed by atoms with van der Waals surface area (Å²) in [7, 11) is 0. The largest absolute Gasteiger partial charge is 0.493 e. The highest BCUT2D eigenvalue weighted by atomic mass is 35.5. The molecule has 138 valence electrons. The Labute approximate surface area is 160 Å². The van der Waals surface area contributed by atoms with Gasteiger partial charge in [-0.15, -0.1) is 0 Å². The molecular weight excluding hydrogens is 382 g/mol. The van der Waals surface area contributed by atoms with Crippen molar-refractivity contribution >= 4 is 35.0 Å². The lowest BCUT2D eigenvalue weighted by molar-refractivity contribution is -0.122. The predicted octanol–water partition coefficient (Wildman–Crippen LogP) is 4.06. The van der Waals surface area contributed by atoms with Crippen LogP contribution in [0.1, 0.15) is 28.8 Å². The van der Waals surface area contributed by atoms with Crippen molar-refractivity contribution in [3.05, 3.63) is 63.4 Å². The number of amides is 2. The first kappa shape index (κ1) is 20.0. The van der Waals surface area contributed by atoms with Crippen molar-refractivity contribution in [2.45, 2.75) is 19.8 Å². The minimum absolute atomic E-state index is 0.130. The second-order valence-corrected chi connectivity index (χ2v) is 6.36. The monoisotopic (exact) mass is 398 g/mol. The van der Waals surface area contributed by atoms with Crippen LogP contribution in [0.4, 0.5) is 4.39 Å². The van der Waals surface area contributed by atoms with Crippen LogP contribution in [0.2, 0.25) is 10.0 Å². The SMILES string of the molecule is Cc1cc(Cl)ccc1OCCCC(=O)NNC(=O)c1cc(Cl)ccc1F. The molecule has 0 radical (unpaired) electrons. The summed E-state index contributed by atoms with van der Waals surface area (Å²) in [6, 6.07) is 8.86. The smallest absolute Gasteiger partial charge is 0.272 e. The Morgan fingerprint density at radius 1 is 1.08 bits per heavy atom. The van der Waals surface area contributed by atoms with Gasteiger partial charge in [0.1, 0.15) is 11.6 Å². The van der Waals surface area contributed by atoms with Crippen LogP contribution in [0.15, 0.2) is 36.4 Å². The van der Waals surface area contributed by atoms with Gasteiger partial charge in [0.25, 0.3) is 5.91 Å². The van der Waals surface area contributed by atoms with Crippen LogP contribution in [-0.2, 0) is 4.79 Å². The van der Waals surface area contributed by atoms with Gasteiger partial charge in [-0.3, -0.25) is 20.4 Å². The summed E-state index contributed by atoms with van der Waals surface area (Å²) in [5, 5.41) is 0.846. The van der Waals surface area contributed by atoms with Gasteiger partial charge < -0.3 is 4.74 Å². The van der Waals surface area contributed by atoms with Crippen LogP contribution in [0.25, 0.3) is 0 Å². The minimum Gasteiger partial charge on any atom is -0.493 e. The van der Waals surface area contributed by atoms with Crippen LogP contribution in [0.5, 0.6) is 5.75 Å². The Balaban J connectivity index is 1.72. The lowest BCUT2D eigenvalue weighted by Crippen LogP contribution is -2.42. The summed E-state index contributed by atoms with van der Waals surface area (Å²) >= 11 is 11.6. The lowest BCUT2D eigenvalue weighted by Gasteiger charge is -2.10. The maximum Gasteiger partial charge on any atom is 0.272 e. The van der Waals surface area contributed by atoms with E-state index in [1.165, 1.54) is 12.1 Å². The Kier molecular flexibility index (Phi) is 7.24. The van der Waals surface area contributed by atoms with Crippen molar-refractivity contribution in [2.75, 3.05) is 6.61 Å². The maximum absolute atomic E-state index is 13.6. The van der Waals surface area contributed by atoms with E-state index in [9.17, 15) is 14.0 Å². The number of benzene rings is 2. The summed E-state index contributed by atoms with van der Waals surface area (Å²) in [5.74, 6) is -1.24. The number of hydrogen-bond acceptors (Lipinski definition) is 3. The molecule has 0 aliphatic carbocycles.